The van der Waals surface area contributed by atoms with Crippen LogP contribution in [0, 0.1) is 6.07 Å². The normalized spacial score (nSPS) is 10.3. The Morgan fingerprint density at radius 3 is 1.86 bits per heavy atom. The zero-order valence-electron chi connectivity index (χ0n) is 23.3. The van der Waals surface area contributed by atoms with Crippen molar-refractivity contribution in [2.45, 2.75) is 0 Å². The van der Waals surface area contributed by atoms with Crippen molar-refractivity contribution in [2.24, 2.45) is 0 Å². The van der Waals surface area contributed by atoms with E-state index in [-0.39, 0.29) is 25.8 Å². The number of fused-ring (bicyclic) bond motifs is 1. The van der Waals surface area contributed by atoms with E-state index in [9.17, 15) is 4.79 Å². The molecule has 3 heterocycles. The van der Waals surface area contributed by atoms with Gasteiger partial charge in [0.2, 0.25) is 0 Å². The van der Waals surface area contributed by atoms with Crippen LogP contribution in [0.3, 0.4) is 0 Å². The number of carboxylic acid groups (broad SMARTS) is 1. The predicted molar refractivity (Wildman–Crippen MR) is 169 cm³/mol. The van der Waals surface area contributed by atoms with Gasteiger partial charge in [0.05, 0.1) is 11.4 Å². The van der Waals surface area contributed by atoms with Crippen molar-refractivity contribution in [3.05, 3.63) is 158 Å². The monoisotopic (exact) mass is 750 g/mol. The molecule has 7 aromatic rings. The molecule has 0 amide bonds. The summed E-state index contributed by atoms with van der Waals surface area (Å²) in [5.41, 5.74) is 6.73. The number of carboxylic acids is 1. The van der Waals surface area contributed by atoms with Crippen molar-refractivity contribution in [1.29, 1.82) is 0 Å². The van der Waals surface area contributed by atoms with Gasteiger partial charge in [-0.3, -0.25) is 0 Å². The van der Waals surface area contributed by atoms with Crippen molar-refractivity contribution in [1.82, 2.24) is 19.9 Å². The summed E-state index contributed by atoms with van der Waals surface area (Å²) >= 11 is 0. The molecular weight excluding hydrogens is 725 g/mol. The maximum Gasteiger partial charge on any atom is 0.354 e. The van der Waals surface area contributed by atoms with Gasteiger partial charge in [-0.05, 0) is 40.7 Å². The Kier molecular flexibility index (Phi) is 9.72. The van der Waals surface area contributed by atoms with E-state index in [0.717, 1.165) is 50.1 Å². The molecule has 7 heteroatoms. The number of carbonyl (C=O) groups is 1. The van der Waals surface area contributed by atoms with E-state index in [2.05, 4.69) is 64.6 Å². The van der Waals surface area contributed by atoms with Gasteiger partial charge < -0.3 is 10.1 Å². The Morgan fingerprint density at radius 2 is 1.25 bits per heavy atom. The number of aromatic carboxylic acids is 1. The van der Waals surface area contributed by atoms with E-state index < -0.39 is 5.97 Å². The Bertz CT molecular complexity index is 1940. The molecule has 1 radical (unpaired) electrons. The minimum atomic E-state index is -0.990. The number of hydrogen-bond acceptors (Lipinski definition) is 5. The number of benzene rings is 4. The average molecular weight is 750 g/mol. The fourth-order valence-corrected chi connectivity index (χ4v) is 4.66. The number of nitrogens with zero attached hydrogens (tertiary/aromatic N) is 4. The smallest absolute Gasteiger partial charge is 0.354 e. The molecular formula is C37H25IrN4O2-. The summed E-state index contributed by atoms with van der Waals surface area (Å²) in [7, 11) is 0. The Morgan fingerprint density at radius 1 is 0.614 bits per heavy atom. The van der Waals surface area contributed by atoms with Gasteiger partial charge in [-0.25, -0.2) is 19.7 Å². The first-order chi connectivity index (χ1) is 21.2. The van der Waals surface area contributed by atoms with Gasteiger partial charge in [-0.1, -0.05) is 96.6 Å². The van der Waals surface area contributed by atoms with Crippen LogP contribution < -0.4 is 0 Å². The van der Waals surface area contributed by atoms with Gasteiger partial charge in [0.1, 0.15) is 11.5 Å². The Labute approximate surface area is 268 Å². The van der Waals surface area contributed by atoms with E-state index in [1.54, 1.807) is 12.1 Å². The molecule has 6 nitrogen and oxygen atoms in total. The van der Waals surface area contributed by atoms with E-state index in [0.29, 0.717) is 5.82 Å². The van der Waals surface area contributed by atoms with Crippen molar-refractivity contribution >= 4 is 16.7 Å². The zero-order valence-corrected chi connectivity index (χ0v) is 25.7. The summed E-state index contributed by atoms with van der Waals surface area (Å²) in [6.45, 7) is 0. The summed E-state index contributed by atoms with van der Waals surface area (Å²) in [6.07, 6.45) is 3.29. The van der Waals surface area contributed by atoms with Gasteiger partial charge in [0.15, 0.2) is 0 Å². The Hall–Kier alpha value is -5.36. The molecule has 0 aliphatic carbocycles. The van der Waals surface area contributed by atoms with Crippen LogP contribution in [0.15, 0.2) is 146 Å². The summed E-state index contributed by atoms with van der Waals surface area (Å²) in [5, 5.41) is 10.6. The summed E-state index contributed by atoms with van der Waals surface area (Å²) in [6, 6.07) is 46.9. The molecule has 1 N–H and O–H groups in total. The fraction of sp³-hybridized carbons (Fsp3) is 0. The van der Waals surface area contributed by atoms with Crippen LogP contribution in [-0.4, -0.2) is 31.0 Å². The topological polar surface area (TPSA) is 88.9 Å². The van der Waals surface area contributed by atoms with Gasteiger partial charge in [0, 0.05) is 43.6 Å². The molecule has 0 atom stereocenters. The quantitative estimate of drug-likeness (QED) is 0.178. The van der Waals surface area contributed by atoms with E-state index >= 15 is 0 Å². The third kappa shape index (κ3) is 6.98. The van der Waals surface area contributed by atoms with Crippen LogP contribution >= 0.6 is 0 Å². The second-order valence-corrected chi connectivity index (χ2v) is 9.59. The molecule has 7 rings (SSSR count). The molecule has 0 spiro atoms. The number of hydrogen-bond donors (Lipinski definition) is 1. The molecule has 215 valence electrons. The molecule has 0 saturated carbocycles. The third-order valence-electron chi connectivity index (χ3n) is 6.74. The zero-order chi connectivity index (χ0) is 29.4. The maximum absolute atomic E-state index is 10.1. The molecule has 4 aromatic carbocycles. The minimum Gasteiger partial charge on any atom is -0.477 e. The first-order valence-corrected chi connectivity index (χ1v) is 13.7. The minimum absolute atomic E-state index is 0. The average Bonchev–Trinajstić information content (AvgIpc) is 3.09. The van der Waals surface area contributed by atoms with Crippen molar-refractivity contribution in [3.8, 4) is 45.2 Å². The summed E-state index contributed by atoms with van der Waals surface area (Å²) in [4.78, 5) is 28.3. The van der Waals surface area contributed by atoms with Crippen LogP contribution in [-0.2, 0) is 20.1 Å². The largest absolute Gasteiger partial charge is 0.477 e. The van der Waals surface area contributed by atoms with Gasteiger partial charge in [-0.2, -0.15) is 0 Å². The molecule has 0 bridgehead atoms. The van der Waals surface area contributed by atoms with Crippen molar-refractivity contribution in [2.75, 3.05) is 0 Å². The Balaban J connectivity index is 0.000000333. The number of rotatable bonds is 5. The first-order valence-electron chi connectivity index (χ1n) is 13.7. The van der Waals surface area contributed by atoms with Gasteiger partial charge >= 0.3 is 5.97 Å². The molecule has 0 aliphatic rings. The maximum atomic E-state index is 10.1. The number of aromatic nitrogens is 4. The number of pyridine rings is 2. The SMILES string of the molecule is O=C(O)c1ccccn1.[Ir].[c-]1ccc(-c2nc(-c3ccccc3)cc(-c3ccccc3)n2)cc1-c1nccc2ccccc12. The summed E-state index contributed by atoms with van der Waals surface area (Å²) in [5.74, 6) is -0.314. The molecule has 0 saturated heterocycles. The molecule has 0 aliphatic heterocycles. The summed E-state index contributed by atoms with van der Waals surface area (Å²) < 4.78 is 0. The van der Waals surface area contributed by atoms with E-state index in [4.69, 9.17) is 15.1 Å². The van der Waals surface area contributed by atoms with E-state index in [1.165, 1.54) is 12.3 Å². The van der Waals surface area contributed by atoms with E-state index in [1.807, 2.05) is 72.9 Å². The van der Waals surface area contributed by atoms with Gasteiger partial charge in [-0.15, -0.1) is 29.8 Å². The molecule has 0 unspecified atom stereocenters. The van der Waals surface area contributed by atoms with Crippen LogP contribution in [0.5, 0.6) is 0 Å². The standard InChI is InChI=1S/C31H20N3.C6H5NO2.Ir/c1-3-11-23(12-4-1)28-21-29(24-13-5-2-6-14-24)34-31(33-28)26-16-9-15-25(20-26)30-27-17-8-7-10-22(27)18-19-32-30;8-6(9)5-3-1-2-4-7-5;/h1-14,16-21H;1-4H,(H,8,9);/q-1;;. The van der Waals surface area contributed by atoms with Crippen LogP contribution in [0.2, 0.25) is 0 Å². The first kappa shape index (κ1) is 30.1. The predicted octanol–water partition coefficient (Wildman–Crippen LogP) is 8.27. The third-order valence-corrected chi connectivity index (χ3v) is 6.74. The van der Waals surface area contributed by atoms with Crippen molar-refractivity contribution < 1.29 is 30.0 Å². The second kappa shape index (κ2) is 14.2. The van der Waals surface area contributed by atoms with Crippen LogP contribution in [0.4, 0.5) is 0 Å². The molecule has 3 aromatic heterocycles. The molecule has 44 heavy (non-hydrogen) atoms. The van der Waals surface area contributed by atoms with Crippen LogP contribution in [0.1, 0.15) is 10.5 Å². The molecule has 0 fully saturated rings. The van der Waals surface area contributed by atoms with Crippen LogP contribution in [0.25, 0.3) is 55.9 Å². The van der Waals surface area contributed by atoms with Crippen molar-refractivity contribution in [3.63, 3.8) is 0 Å². The van der Waals surface area contributed by atoms with Gasteiger partial charge in [0.25, 0.3) is 0 Å². The fourth-order valence-electron chi connectivity index (χ4n) is 4.66. The second-order valence-electron chi connectivity index (χ2n) is 9.59.